The summed E-state index contributed by atoms with van der Waals surface area (Å²) in [5.74, 6) is 2.06. The molecule has 262 valence electrons. The first-order valence-corrected chi connectivity index (χ1v) is 18.0. The van der Waals surface area contributed by atoms with Crippen LogP contribution in [0, 0.1) is 0 Å². The van der Waals surface area contributed by atoms with Gasteiger partial charge in [0.05, 0.1) is 0 Å². The molecule has 2 heterocycles. The van der Waals surface area contributed by atoms with Gasteiger partial charge >= 0.3 is 8.60 Å². The van der Waals surface area contributed by atoms with Gasteiger partial charge in [-0.25, -0.2) is 0 Å². The number of hydrogen-bond acceptors (Lipinski definition) is 9. The van der Waals surface area contributed by atoms with E-state index in [1.54, 1.807) is 13.8 Å². The van der Waals surface area contributed by atoms with Gasteiger partial charge in [0.25, 0.3) is 0 Å². The van der Waals surface area contributed by atoms with E-state index < -0.39 is 8.60 Å². The fourth-order valence-corrected chi connectivity index (χ4v) is 6.92. The highest BCUT2D eigenvalue weighted by atomic mass is 31.2. The number of amides is 3. The van der Waals surface area contributed by atoms with E-state index in [2.05, 4.69) is 26.9 Å². The van der Waals surface area contributed by atoms with Crippen molar-refractivity contribution in [2.45, 2.75) is 27.2 Å². The summed E-state index contributed by atoms with van der Waals surface area (Å²) < 4.78 is 19.0. The fourth-order valence-electron chi connectivity index (χ4n) is 5.92. The number of nitrogens with zero attached hydrogens (tertiary/aromatic N) is 5. The Kier molecular flexibility index (Phi) is 12.8. The Hall–Kier alpha value is -4.70. The van der Waals surface area contributed by atoms with E-state index in [4.69, 9.17) is 13.6 Å². The highest BCUT2D eigenvalue weighted by Gasteiger charge is 2.23. The predicted octanol–water partition coefficient (Wildman–Crippen LogP) is 4.75. The van der Waals surface area contributed by atoms with Crippen LogP contribution < -0.4 is 33.6 Å². The van der Waals surface area contributed by atoms with Crippen molar-refractivity contribution in [2.24, 2.45) is 0 Å². The molecular weight excluding hydrogens is 643 g/mol. The largest absolute Gasteiger partial charge is 0.530 e. The zero-order chi connectivity index (χ0) is 34.6. The average Bonchev–Trinajstić information content (AvgIpc) is 3.12. The van der Waals surface area contributed by atoms with Crippen molar-refractivity contribution in [1.29, 1.82) is 0 Å². The first kappa shape index (κ1) is 35.6. The minimum atomic E-state index is -1.89. The summed E-state index contributed by atoms with van der Waals surface area (Å²) in [7, 11) is -1.89. The number of benzene rings is 3. The monoisotopic (exact) mass is 690 g/mol. The van der Waals surface area contributed by atoms with E-state index in [1.807, 2.05) is 82.6 Å². The molecule has 0 unspecified atom stereocenters. The van der Waals surface area contributed by atoms with Gasteiger partial charge in [-0.2, -0.15) is 0 Å². The fraction of sp³-hybridized carbons (Fsp3) is 0.417. The third kappa shape index (κ3) is 10.2. The van der Waals surface area contributed by atoms with Crippen molar-refractivity contribution in [1.82, 2.24) is 15.1 Å². The number of carbonyl (C=O) groups is 3. The molecule has 0 bridgehead atoms. The number of anilines is 3. The van der Waals surface area contributed by atoms with E-state index in [0.29, 0.717) is 56.5 Å². The molecule has 0 saturated carbocycles. The van der Waals surface area contributed by atoms with E-state index in [1.165, 1.54) is 0 Å². The van der Waals surface area contributed by atoms with Crippen LogP contribution in [0.4, 0.5) is 17.1 Å². The summed E-state index contributed by atoms with van der Waals surface area (Å²) in [5, 5.41) is 2.74. The number of hydrogen-bond donors (Lipinski definition) is 1. The molecule has 3 aromatic carbocycles. The molecule has 2 saturated heterocycles. The second kappa shape index (κ2) is 17.6. The Labute approximate surface area is 290 Å². The Balaban J connectivity index is 1.27. The summed E-state index contributed by atoms with van der Waals surface area (Å²) >= 11 is 0. The van der Waals surface area contributed by atoms with Crippen LogP contribution >= 0.6 is 8.60 Å². The van der Waals surface area contributed by atoms with Gasteiger partial charge in [0.2, 0.25) is 18.2 Å². The van der Waals surface area contributed by atoms with Crippen molar-refractivity contribution in [3.63, 3.8) is 0 Å². The highest BCUT2D eigenvalue weighted by molar-refractivity contribution is 7.43. The number of rotatable bonds is 15. The molecule has 0 atom stereocenters. The Morgan fingerprint density at radius 1 is 0.673 bits per heavy atom. The zero-order valence-electron chi connectivity index (χ0n) is 28.6. The molecule has 13 heteroatoms. The third-order valence-electron chi connectivity index (χ3n) is 8.70. The molecule has 0 aliphatic carbocycles. The molecule has 0 radical (unpaired) electrons. The van der Waals surface area contributed by atoms with E-state index >= 15 is 0 Å². The Morgan fingerprint density at radius 3 is 1.45 bits per heavy atom. The van der Waals surface area contributed by atoms with Crippen LogP contribution in [0.15, 0.2) is 72.8 Å². The smallest absolute Gasteiger partial charge is 0.409 e. The van der Waals surface area contributed by atoms with Crippen molar-refractivity contribution in [2.75, 3.05) is 86.7 Å². The van der Waals surface area contributed by atoms with Crippen LogP contribution in [0.2, 0.25) is 0 Å². The van der Waals surface area contributed by atoms with Crippen molar-refractivity contribution < 1.29 is 28.0 Å². The van der Waals surface area contributed by atoms with Crippen LogP contribution in [-0.2, 0) is 14.4 Å². The van der Waals surface area contributed by atoms with Gasteiger partial charge in [0, 0.05) is 103 Å². The number of piperazine rings is 2. The minimum Gasteiger partial charge on any atom is -0.409 e. The summed E-state index contributed by atoms with van der Waals surface area (Å²) in [4.78, 5) is 44.7. The average molecular weight is 691 g/mol. The van der Waals surface area contributed by atoms with Crippen molar-refractivity contribution in [3.05, 3.63) is 72.8 Å². The molecular formula is C36H47N6O6P. The maximum absolute atomic E-state index is 11.7. The topological polar surface area (TPSA) is 107 Å². The van der Waals surface area contributed by atoms with Crippen molar-refractivity contribution >= 4 is 43.9 Å². The lowest BCUT2D eigenvalue weighted by atomic mass is 10.2. The Bertz CT molecular complexity index is 1410. The lowest BCUT2D eigenvalue weighted by molar-refractivity contribution is -0.129. The van der Waals surface area contributed by atoms with E-state index in [-0.39, 0.29) is 11.8 Å². The van der Waals surface area contributed by atoms with E-state index in [0.717, 1.165) is 62.6 Å². The molecule has 5 rings (SSSR count). The first-order chi connectivity index (χ1) is 23.8. The summed E-state index contributed by atoms with van der Waals surface area (Å²) in [6, 6.07) is 23.5. The molecule has 0 aromatic heterocycles. The van der Waals surface area contributed by atoms with Crippen LogP contribution in [0.25, 0.3) is 0 Å². The molecule has 3 amide bonds. The molecule has 49 heavy (non-hydrogen) atoms. The Morgan fingerprint density at radius 2 is 1.08 bits per heavy atom. The lowest BCUT2D eigenvalue weighted by Crippen LogP contribution is -2.48. The normalized spacial score (nSPS) is 14.8. The van der Waals surface area contributed by atoms with Crippen LogP contribution in [0.3, 0.4) is 0 Å². The number of carbonyl (C=O) groups excluding carboxylic acids is 3. The SMILES string of the molecule is CCCN(CCNC=O)c1ccc(OP(Oc2ccc(N3CCN(C(C)=O)CC3)cc2)Oc2ccc(N3CCN(C(C)=O)CC3)cc2)cc1. The van der Waals surface area contributed by atoms with Crippen LogP contribution in [0.1, 0.15) is 27.2 Å². The standard InChI is InChI=1S/C36H47N6O6P/c1-4-18-40(19-17-37-28-43)31-5-11-34(12-6-31)46-49(47-35-13-7-32(8-14-35)41-24-20-38(21-25-41)29(2)44)48-36-15-9-33(10-16-36)42-26-22-39(23-27-42)30(3)45/h5-16,28H,4,17-27H2,1-3H3,(H,37,43). The van der Waals surface area contributed by atoms with Gasteiger partial charge < -0.3 is 43.4 Å². The van der Waals surface area contributed by atoms with E-state index in [9.17, 15) is 14.4 Å². The zero-order valence-corrected chi connectivity index (χ0v) is 29.5. The van der Waals surface area contributed by atoms with Gasteiger partial charge in [-0.3, -0.25) is 14.4 Å². The summed E-state index contributed by atoms with van der Waals surface area (Å²) in [6.45, 7) is 13.4. The first-order valence-electron chi connectivity index (χ1n) is 16.9. The second-order valence-corrected chi connectivity index (χ2v) is 13.0. The van der Waals surface area contributed by atoms with Gasteiger partial charge in [-0.1, -0.05) is 6.92 Å². The summed E-state index contributed by atoms with van der Waals surface area (Å²) in [5.41, 5.74) is 3.17. The van der Waals surface area contributed by atoms with Gasteiger partial charge in [-0.15, -0.1) is 0 Å². The quantitative estimate of drug-likeness (QED) is 0.137. The van der Waals surface area contributed by atoms with Gasteiger partial charge in [0.1, 0.15) is 17.2 Å². The maximum atomic E-state index is 11.7. The number of nitrogens with one attached hydrogen (secondary N) is 1. The lowest BCUT2D eigenvalue weighted by Gasteiger charge is -2.35. The molecule has 12 nitrogen and oxygen atoms in total. The molecule has 3 aromatic rings. The molecule has 1 N–H and O–H groups in total. The third-order valence-corrected chi connectivity index (χ3v) is 9.78. The molecule has 2 aliphatic heterocycles. The summed E-state index contributed by atoms with van der Waals surface area (Å²) in [6.07, 6.45) is 1.70. The van der Waals surface area contributed by atoms with Gasteiger partial charge in [0.15, 0.2) is 0 Å². The minimum absolute atomic E-state index is 0.110. The second-order valence-electron chi connectivity index (χ2n) is 12.0. The maximum Gasteiger partial charge on any atom is 0.530 e. The van der Waals surface area contributed by atoms with Crippen LogP contribution in [-0.4, -0.2) is 100 Å². The van der Waals surface area contributed by atoms with Crippen LogP contribution in [0.5, 0.6) is 17.2 Å². The highest BCUT2D eigenvalue weighted by Crippen LogP contribution is 2.43. The predicted molar refractivity (Wildman–Crippen MR) is 194 cm³/mol. The van der Waals surface area contributed by atoms with Crippen molar-refractivity contribution in [3.8, 4) is 17.2 Å². The molecule has 2 fully saturated rings. The molecule has 2 aliphatic rings. The molecule has 0 spiro atoms. The van der Waals surface area contributed by atoms with Gasteiger partial charge in [-0.05, 0) is 79.2 Å².